The normalized spacial score (nSPS) is 17.2. The van der Waals surface area contributed by atoms with E-state index < -0.39 is 0 Å². The fourth-order valence-corrected chi connectivity index (χ4v) is 2.06. The van der Waals surface area contributed by atoms with Crippen molar-refractivity contribution in [1.29, 1.82) is 0 Å². The summed E-state index contributed by atoms with van der Waals surface area (Å²) in [5, 5.41) is 14.0. The van der Waals surface area contributed by atoms with Gasteiger partial charge in [0.2, 0.25) is 0 Å². The number of nitro groups is 1. The second-order valence-electron chi connectivity index (χ2n) is 4.37. The zero-order valence-electron chi connectivity index (χ0n) is 9.81. The summed E-state index contributed by atoms with van der Waals surface area (Å²) in [6, 6.07) is 6.68. The average molecular weight is 236 g/mol. The standard InChI is InChI=1S/C12H16N2O3/c1-17-12(7-4-8-12)9-13-10-5-2-3-6-11(10)14(15)16/h2-3,5-6,13H,4,7-9H2,1H3. The maximum Gasteiger partial charge on any atom is 0.292 e. The number of nitro benzene ring substituents is 1. The molecule has 1 saturated carbocycles. The quantitative estimate of drug-likeness (QED) is 0.630. The number of ether oxygens (including phenoxy) is 1. The summed E-state index contributed by atoms with van der Waals surface area (Å²) in [7, 11) is 1.69. The van der Waals surface area contributed by atoms with Crippen LogP contribution in [0.3, 0.4) is 0 Å². The van der Waals surface area contributed by atoms with Crippen LogP contribution in [-0.4, -0.2) is 24.2 Å². The van der Waals surface area contributed by atoms with E-state index in [-0.39, 0.29) is 16.2 Å². The van der Waals surface area contributed by atoms with Gasteiger partial charge in [0.25, 0.3) is 5.69 Å². The molecule has 1 N–H and O–H groups in total. The number of methoxy groups -OCH3 is 1. The molecule has 0 saturated heterocycles. The van der Waals surface area contributed by atoms with Crippen LogP contribution in [0.1, 0.15) is 19.3 Å². The fraction of sp³-hybridized carbons (Fsp3) is 0.500. The highest BCUT2D eigenvalue weighted by Gasteiger charge is 2.37. The van der Waals surface area contributed by atoms with E-state index in [9.17, 15) is 10.1 Å². The molecule has 0 spiro atoms. The molecule has 0 atom stereocenters. The minimum absolute atomic E-state index is 0.109. The molecule has 0 heterocycles. The number of nitrogens with one attached hydrogen (secondary N) is 1. The van der Waals surface area contributed by atoms with Crippen molar-refractivity contribution in [1.82, 2.24) is 0 Å². The fourth-order valence-electron chi connectivity index (χ4n) is 2.06. The molecule has 5 nitrogen and oxygen atoms in total. The summed E-state index contributed by atoms with van der Waals surface area (Å²) in [5.41, 5.74) is 0.530. The van der Waals surface area contributed by atoms with Gasteiger partial charge in [-0.3, -0.25) is 10.1 Å². The molecule has 1 aromatic carbocycles. The lowest BCUT2D eigenvalue weighted by atomic mass is 9.80. The molecule has 1 fully saturated rings. The van der Waals surface area contributed by atoms with Crippen molar-refractivity contribution >= 4 is 11.4 Å². The van der Waals surface area contributed by atoms with Crippen molar-refractivity contribution in [2.24, 2.45) is 0 Å². The Hall–Kier alpha value is -1.62. The number of hydrogen-bond acceptors (Lipinski definition) is 4. The minimum atomic E-state index is -0.372. The van der Waals surface area contributed by atoms with E-state index in [1.807, 2.05) is 0 Å². The molecule has 1 aliphatic rings. The Morgan fingerprint density at radius 2 is 2.18 bits per heavy atom. The Balaban J connectivity index is 2.06. The van der Waals surface area contributed by atoms with Crippen LogP contribution in [0.25, 0.3) is 0 Å². The summed E-state index contributed by atoms with van der Waals surface area (Å²) in [6.45, 7) is 0.619. The van der Waals surface area contributed by atoms with E-state index in [1.54, 1.807) is 25.3 Å². The second kappa shape index (κ2) is 4.71. The lowest BCUT2D eigenvalue weighted by molar-refractivity contribution is -0.384. The summed E-state index contributed by atoms with van der Waals surface area (Å²) in [6.07, 6.45) is 3.18. The smallest absolute Gasteiger partial charge is 0.292 e. The molecule has 0 aliphatic heterocycles. The molecule has 1 aromatic rings. The van der Waals surface area contributed by atoms with Crippen LogP contribution in [0.2, 0.25) is 0 Å². The number of hydrogen-bond donors (Lipinski definition) is 1. The van der Waals surface area contributed by atoms with Crippen molar-refractivity contribution in [3.05, 3.63) is 34.4 Å². The molecule has 0 amide bonds. The first kappa shape index (κ1) is 11.9. The second-order valence-corrected chi connectivity index (χ2v) is 4.37. The highest BCUT2D eigenvalue weighted by atomic mass is 16.6. The zero-order valence-corrected chi connectivity index (χ0v) is 9.81. The molecular formula is C12H16N2O3. The van der Waals surface area contributed by atoms with Crippen molar-refractivity contribution in [3.8, 4) is 0 Å². The van der Waals surface area contributed by atoms with Gasteiger partial charge in [0.15, 0.2) is 0 Å². The Morgan fingerprint density at radius 3 is 2.71 bits per heavy atom. The number of benzene rings is 1. The van der Waals surface area contributed by atoms with Gasteiger partial charge in [-0.2, -0.15) is 0 Å². The zero-order chi connectivity index (χ0) is 12.3. The van der Waals surface area contributed by atoms with Crippen LogP contribution in [0.5, 0.6) is 0 Å². The maximum absolute atomic E-state index is 10.8. The molecule has 17 heavy (non-hydrogen) atoms. The van der Waals surface area contributed by atoms with E-state index >= 15 is 0 Å². The van der Waals surface area contributed by atoms with Gasteiger partial charge in [0.1, 0.15) is 5.69 Å². The van der Waals surface area contributed by atoms with Gasteiger partial charge in [0.05, 0.1) is 10.5 Å². The molecule has 0 radical (unpaired) electrons. The van der Waals surface area contributed by atoms with Gasteiger partial charge in [-0.15, -0.1) is 0 Å². The van der Waals surface area contributed by atoms with Crippen molar-refractivity contribution in [2.75, 3.05) is 19.0 Å². The Bertz CT molecular complexity index is 410. The van der Waals surface area contributed by atoms with E-state index in [4.69, 9.17) is 4.74 Å². The van der Waals surface area contributed by atoms with Crippen LogP contribution in [0.15, 0.2) is 24.3 Å². The average Bonchev–Trinajstić information content (AvgIpc) is 2.28. The van der Waals surface area contributed by atoms with Gasteiger partial charge in [-0.05, 0) is 25.3 Å². The third-order valence-electron chi connectivity index (χ3n) is 3.40. The predicted molar refractivity (Wildman–Crippen MR) is 65.2 cm³/mol. The van der Waals surface area contributed by atoms with Gasteiger partial charge < -0.3 is 10.1 Å². The monoisotopic (exact) mass is 236 g/mol. The molecule has 0 unspecified atom stereocenters. The number of rotatable bonds is 5. The highest BCUT2D eigenvalue weighted by molar-refractivity contribution is 5.61. The largest absolute Gasteiger partial charge is 0.377 e. The first-order valence-electron chi connectivity index (χ1n) is 5.69. The Kier molecular flexibility index (Phi) is 3.28. The van der Waals surface area contributed by atoms with Crippen molar-refractivity contribution in [2.45, 2.75) is 24.9 Å². The molecule has 0 aromatic heterocycles. The number of anilines is 1. The SMILES string of the molecule is COC1(CNc2ccccc2[N+](=O)[O-])CCC1. The highest BCUT2D eigenvalue weighted by Crippen LogP contribution is 2.35. The van der Waals surface area contributed by atoms with Crippen LogP contribution in [-0.2, 0) is 4.74 Å². The Labute approximate surface area is 99.9 Å². The number of para-hydroxylation sites is 2. The van der Waals surface area contributed by atoms with Gasteiger partial charge in [-0.1, -0.05) is 12.1 Å². The molecule has 2 rings (SSSR count). The lowest BCUT2D eigenvalue weighted by Gasteiger charge is -2.40. The maximum atomic E-state index is 10.8. The van der Waals surface area contributed by atoms with Gasteiger partial charge in [0, 0.05) is 19.7 Å². The predicted octanol–water partition coefficient (Wildman–Crippen LogP) is 2.58. The molecular weight excluding hydrogens is 220 g/mol. The van der Waals surface area contributed by atoms with Gasteiger partial charge >= 0.3 is 0 Å². The molecule has 5 heteroatoms. The van der Waals surface area contributed by atoms with E-state index in [0.29, 0.717) is 12.2 Å². The first-order valence-corrected chi connectivity index (χ1v) is 5.69. The van der Waals surface area contributed by atoms with E-state index in [2.05, 4.69) is 5.32 Å². The molecule has 92 valence electrons. The third-order valence-corrected chi connectivity index (χ3v) is 3.40. The lowest BCUT2D eigenvalue weighted by Crippen LogP contribution is -2.45. The van der Waals surface area contributed by atoms with Gasteiger partial charge in [-0.25, -0.2) is 0 Å². The topological polar surface area (TPSA) is 64.4 Å². The molecule has 0 bridgehead atoms. The van der Waals surface area contributed by atoms with E-state index in [1.165, 1.54) is 6.07 Å². The van der Waals surface area contributed by atoms with Crippen LogP contribution in [0.4, 0.5) is 11.4 Å². The summed E-state index contributed by atoms with van der Waals surface area (Å²) >= 11 is 0. The summed E-state index contributed by atoms with van der Waals surface area (Å²) < 4.78 is 5.46. The summed E-state index contributed by atoms with van der Waals surface area (Å²) in [4.78, 5) is 10.5. The van der Waals surface area contributed by atoms with Crippen LogP contribution in [0, 0.1) is 10.1 Å². The Morgan fingerprint density at radius 1 is 1.47 bits per heavy atom. The van der Waals surface area contributed by atoms with Crippen molar-refractivity contribution < 1.29 is 9.66 Å². The van der Waals surface area contributed by atoms with Crippen LogP contribution >= 0.6 is 0 Å². The third kappa shape index (κ3) is 2.39. The van der Waals surface area contributed by atoms with Crippen LogP contribution < -0.4 is 5.32 Å². The van der Waals surface area contributed by atoms with E-state index in [0.717, 1.165) is 19.3 Å². The molecule has 1 aliphatic carbocycles. The summed E-state index contributed by atoms with van der Waals surface area (Å²) in [5.74, 6) is 0. The first-order chi connectivity index (χ1) is 8.17. The number of nitrogens with zero attached hydrogens (tertiary/aromatic N) is 1. The van der Waals surface area contributed by atoms with Crippen molar-refractivity contribution in [3.63, 3.8) is 0 Å². The minimum Gasteiger partial charge on any atom is -0.377 e.